The molecule has 2 N–H and O–H groups in total. The summed E-state index contributed by atoms with van der Waals surface area (Å²) in [5, 5.41) is 6.03. The van der Waals surface area contributed by atoms with Crippen LogP contribution in [0.5, 0.6) is 5.75 Å². The van der Waals surface area contributed by atoms with Gasteiger partial charge in [-0.2, -0.15) is 0 Å². The minimum absolute atomic E-state index is 0.280. The molecule has 1 aliphatic heterocycles. The number of carbonyl (C=O) groups excluding carboxylic acids is 2. The molecule has 0 bridgehead atoms. The second kappa shape index (κ2) is 11.0. The van der Waals surface area contributed by atoms with Crippen LogP contribution in [0.2, 0.25) is 5.02 Å². The van der Waals surface area contributed by atoms with Crippen molar-refractivity contribution in [3.05, 3.63) is 76.0 Å². The highest BCUT2D eigenvalue weighted by atomic mass is 35.5. The zero-order valence-electron chi connectivity index (χ0n) is 18.6. The molecule has 2 aromatic rings. The number of halogens is 1. The van der Waals surface area contributed by atoms with Gasteiger partial charge in [0.15, 0.2) is 0 Å². The number of carbonyl (C=O) groups is 2. The standard InChI is InChI=1S/C25H29ClN2O4/c1-4-5-11-20-22(24(29)32-16(2)3)23(28-25(30)27-20)18-12-13-21(19(26)14-18)31-15-17-9-7-6-8-10-17/h6-10,12-14,16,23H,4-5,11,15H2,1-3H3,(H2,27,28,30). The van der Waals surface area contributed by atoms with Crippen LogP contribution >= 0.6 is 11.6 Å². The van der Waals surface area contributed by atoms with Crippen LogP contribution in [0.1, 0.15) is 57.2 Å². The van der Waals surface area contributed by atoms with Crippen LogP contribution in [0, 0.1) is 0 Å². The summed E-state index contributed by atoms with van der Waals surface area (Å²) >= 11 is 6.50. The van der Waals surface area contributed by atoms with E-state index in [4.69, 9.17) is 21.1 Å². The molecule has 6 nitrogen and oxygen atoms in total. The Morgan fingerprint density at radius 2 is 1.91 bits per heavy atom. The molecular formula is C25H29ClN2O4. The van der Waals surface area contributed by atoms with Crippen LogP contribution < -0.4 is 15.4 Å². The SMILES string of the molecule is CCCCC1=C(C(=O)OC(C)C)C(c2ccc(OCc3ccccc3)c(Cl)c2)NC(=O)N1. The van der Waals surface area contributed by atoms with Gasteiger partial charge in [0.1, 0.15) is 12.4 Å². The Labute approximate surface area is 193 Å². The molecular weight excluding hydrogens is 428 g/mol. The van der Waals surface area contributed by atoms with E-state index in [2.05, 4.69) is 17.6 Å². The summed E-state index contributed by atoms with van der Waals surface area (Å²) in [6.07, 6.45) is 2.07. The number of amides is 2. The molecule has 1 aliphatic rings. The molecule has 7 heteroatoms. The van der Waals surface area contributed by atoms with Crippen molar-refractivity contribution in [1.82, 2.24) is 10.6 Å². The number of unbranched alkanes of at least 4 members (excludes halogenated alkanes) is 1. The van der Waals surface area contributed by atoms with E-state index < -0.39 is 12.0 Å². The summed E-state index contributed by atoms with van der Waals surface area (Å²) in [6, 6.07) is 14.1. The summed E-state index contributed by atoms with van der Waals surface area (Å²) in [7, 11) is 0. The Balaban J connectivity index is 1.89. The van der Waals surface area contributed by atoms with E-state index in [0.717, 1.165) is 18.4 Å². The first-order valence-electron chi connectivity index (χ1n) is 10.9. The van der Waals surface area contributed by atoms with E-state index in [1.54, 1.807) is 26.0 Å². The van der Waals surface area contributed by atoms with Gasteiger partial charge in [-0.1, -0.05) is 61.3 Å². The maximum atomic E-state index is 13.0. The first-order valence-corrected chi connectivity index (χ1v) is 11.2. The summed E-state index contributed by atoms with van der Waals surface area (Å²) in [4.78, 5) is 25.3. The molecule has 0 saturated heterocycles. The van der Waals surface area contributed by atoms with E-state index in [9.17, 15) is 9.59 Å². The first-order chi connectivity index (χ1) is 15.4. The minimum atomic E-state index is -0.664. The molecule has 1 heterocycles. The molecule has 0 spiro atoms. The van der Waals surface area contributed by atoms with Gasteiger partial charge in [-0.25, -0.2) is 9.59 Å². The number of benzene rings is 2. The van der Waals surface area contributed by atoms with E-state index in [0.29, 0.717) is 40.6 Å². The van der Waals surface area contributed by atoms with Crippen molar-refractivity contribution in [2.75, 3.05) is 0 Å². The monoisotopic (exact) mass is 456 g/mol. The molecule has 1 unspecified atom stereocenters. The minimum Gasteiger partial charge on any atom is -0.487 e. The Bertz CT molecular complexity index is 989. The Kier molecular flexibility index (Phi) is 8.17. The first kappa shape index (κ1) is 23.7. The molecule has 0 radical (unpaired) electrons. The zero-order chi connectivity index (χ0) is 23.1. The fourth-order valence-electron chi connectivity index (χ4n) is 3.49. The van der Waals surface area contributed by atoms with Crippen LogP contribution in [-0.2, 0) is 16.1 Å². The number of ether oxygens (including phenoxy) is 2. The number of esters is 1. The van der Waals surface area contributed by atoms with Crippen molar-refractivity contribution >= 4 is 23.6 Å². The maximum absolute atomic E-state index is 13.0. The highest BCUT2D eigenvalue weighted by Crippen LogP contribution is 2.34. The highest BCUT2D eigenvalue weighted by Gasteiger charge is 2.34. The summed E-state index contributed by atoms with van der Waals surface area (Å²) in [6.45, 7) is 6.03. The lowest BCUT2D eigenvalue weighted by Crippen LogP contribution is -2.46. The number of hydrogen-bond acceptors (Lipinski definition) is 4. The third kappa shape index (κ3) is 6.04. The summed E-state index contributed by atoms with van der Waals surface area (Å²) < 4.78 is 11.3. The predicted molar refractivity (Wildman–Crippen MR) is 124 cm³/mol. The largest absolute Gasteiger partial charge is 0.487 e. The molecule has 2 amide bonds. The zero-order valence-corrected chi connectivity index (χ0v) is 19.4. The second-order valence-electron chi connectivity index (χ2n) is 7.95. The van der Waals surface area contributed by atoms with Gasteiger partial charge in [0.25, 0.3) is 0 Å². The highest BCUT2D eigenvalue weighted by molar-refractivity contribution is 6.32. The molecule has 3 rings (SSSR count). The van der Waals surface area contributed by atoms with Crippen molar-refractivity contribution in [2.45, 2.75) is 58.8 Å². The van der Waals surface area contributed by atoms with Crippen molar-refractivity contribution in [1.29, 1.82) is 0 Å². The van der Waals surface area contributed by atoms with Gasteiger partial charge in [0, 0.05) is 5.70 Å². The maximum Gasteiger partial charge on any atom is 0.338 e. The lowest BCUT2D eigenvalue weighted by atomic mass is 9.93. The molecule has 2 aromatic carbocycles. The van der Waals surface area contributed by atoms with E-state index in [1.165, 1.54) is 0 Å². The van der Waals surface area contributed by atoms with Crippen LogP contribution in [0.4, 0.5) is 4.79 Å². The number of hydrogen-bond donors (Lipinski definition) is 2. The Morgan fingerprint density at radius 3 is 2.56 bits per heavy atom. The van der Waals surface area contributed by atoms with Crippen molar-refractivity contribution < 1.29 is 19.1 Å². The van der Waals surface area contributed by atoms with Crippen LogP contribution in [0.3, 0.4) is 0 Å². The van der Waals surface area contributed by atoms with Crippen molar-refractivity contribution in [3.8, 4) is 5.75 Å². The third-order valence-corrected chi connectivity index (χ3v) is 5.32. The predicted octanol–water partition coefficient (Wildman–Crippen LogP) is 5.67. The molecule has 170 valence electrons. The number of nitrogens with one attached hydrogen (secondary N) is 2. The van der Waals surface area contributed by atoms with Crippen molar-refractivity contribution in [3.63, 3.8) is 0 Å². The van der Waals surface area contributed by atoms with Crippen LogP contribution in [0.15, 0.2) is 59.8 Å². The van der Waals surface area contributed by atoms with E-state index in [1.807, 2.05) is 36.4 Å². The smallest absolute Gasteiger partial charge is 0.338 e. The van der Waals surface area contributed by atoms with Gasteiger partial charge in [0.2, 0.25) is 0 Å². The average Bonchev–Trinajstić information content (AvgIpc) is 2.76. The fraction of sp³-hybridized carbons (Fsp3) is 0.360. The molecule has 1 atom stereocenters. The molecule has 0 saturated carbocycles. The topological polar surface area (TPSA) is 76.7 Å². The van der Waals surface area contributed by atoms with Gasteiger partial charge < -0.3 is 20.1 Å². The number of allylic oxidation sites excluding steroid dienone is 1. The normalized spacial score (nSPS) is 15.9. The van der Waals surface area contributed by atoms with Gasteiger partial charge >= 0.3 is 12.0 Å². The molecule has 32 heavy (non-hydrogen) atoms. The third-order valence-electron chi connectivity index (χ3n) is 5.02. The van der Waals surface area contributed by atoms with Gasteiger partial charge in [0.05, 0.1) is 22.7 Å². The Hall–Kier alpha value is -2.99. The summed E-state index contributed by atoms with van der Waals surface area (Å²) in [5.74, 6) is 0.0742. The summed E-state index contributed by atoms with van der Waals surface area (Å²) in [5.41, 5.74) is 2.70. The van der Waals surface area contributed by atoms with E-state index in [-0.39, 0.29) is 12.1 Å². The quantitative estimate of drug-likeness (QED) is 0.476. The Morgan fingerprint density at radius 1 is 1.16 bits per heavy atom. The van der Waals surface area contributed by atoms with Gasteiger partial charge in [-0.3, -0.25) is 0 Å². The molecule has 0 aromatic heterocycles. The van der Waals surface area contributed by atoms with Gasteiger partial charge in [-0.05, 0) is 49.9 Å². The number of rotatable bonds is 9. The van der Waals surface area contributed by atoms with Gasteiger partial charge in [-0.15, -0.1) is 0 Å². The van der Waals surface area contributed by atoms with Crippen molar-refractivity contribution in [2.24, 2.45) is 0 Å². The molecule has 0 aliphatic carbocycles. The van der Waals surface area contributed by atoms with Crippen LogP contribution in [0.25, 0.3) is 0 Å². The fourth-order valence-corrected chi connectivity index (χ4v) is 3.73. The average molecular weight is 457 g/mol. The second-order valence-corrected chi connectivity index (χ2v) is 8.35. The lowest BCUT2D eigenvalue weighted by Gasteiger charge is -2.30. The van der Waals surface area contributed by atoms with E-state index >= 15 is 0 Å². The number of urea groups is 1. The molecule has 0 fully saturated rings. The lowest BCUT2D eigenvalue weighted by molar-refractivity contribution is -0.143. The van der Waals surface area contributed by atoms with Crippen LogP contribution in [-0.4, -0.2) is 18.1 Å².